The Kier molecular flexibility index (Phi) is 13.1. The number of hydrogen-bond acceptors (Lipinski definition) is 10. The van der Waals surface area contributed by atoms with Crippen molar-refractivity contribution in [3.05, 3.63) is 90.2 Å². The summed E-state index contributed by atoms with van der Waals surface area (Å²) in [6, 6.07) is 9.26. The lowest BCUT2D eigenvalue weighted by Crippen LogP contribution is -2.26. The van der Waals surface area contributed by atoms with Gasteiger partial charge in [-0.3, -0.25) is 29.8 Å². The highest BCUT2D eigenvalue weighted by atomic mass is 16.6. The zero-order chi connectivity index (χ0) is 30.6. The number of ketones is 1. The van der Waals surface area contributed by atoms with E-state index in [0.717, 1.165) is 0 Å². The van der Waals surface area contributed by atoms with E-state index in [-0.39, 0.29) is 54.5 Å². The van der Waals surface area contributed by atoms with Crippen molar-refractivity contribution in [3.8, 4) is 0 Å². The maximum Gasteiger partial charge on any atom is 0.337 e. The van der Waals surface area contributed by atoms with Gasteiger partial charge in [-0.15, -0.1) is 0 Å². The van der Waals surface area contributed by atoms with Gasteiger partial charge in [0.25, 0.3) is 11.4 Å². The van der Waals surface area contributed by atoms with Gasteiger partial charge in [-0.1, -0.05) is 24.3 Å². The molecule has 0 bridgehead atoms. The number of carbonyl (C=O) groups is 3. The molecule has 1 N–H and O–H groups in total. The molecular formula is C28H34N2O10. The summed E-state index contributed by atoms with van der Waals surface area (Å²) in [6.45, 7) is 9.64. The van der Waals surface area contributed by atoms with E-state index in [4.69, 9.17) is 9.47 Å². The third-order valence-corrected chi connectivity index (χ3v) is 6.04. The third-order valence-electron chi connectivity index (χ3n) is 6.04. The van der Waals surface area contributed by atoms with Crippen molar-refractivity contribution in [2.45, 2.75) is 54.4 Å². The molecule has 0 aliphatic rings. The molecule has 40 heavy (non-hydrogen) atoms. The number of Topliss-reactive ketones (excluding diaryl/α,β-unsaturated/α-hetero) is 1. The van der Waals surface area contributed by atoms with Crippen LogP contribution in [0.2, 0.25) is 0 Å². The minimum atomic E-state index is -0.921. The average molecular weight is 559 g/mol. The summed E-state index contributed by atoms with van der Waals surface area (Å²) in [6.07, 6.45) is 0.205. The maximum atomic E-state index is 11.7. The first kappa shape index (κ1) is 33.4. The Balaban J connectivity index is 0.000000400. The van der Waals surface area contributed by atoms with Gasteiger partial charge in [0.1, 0.15) is 11.7 Å². The van der Waals surface area contributed by atoms with Crippen LogP contribution in [0.5, 0.6) is 0 Å². The fraction of sp³-hybridized carbons (Fsp3) is 0.393. The second-order valence-corrected chi connectivity index (χ2v) is 8.72. The molecule has 0 saturated heterocycles. The topological polar surface area (TPSA) is 176 Å². The van der Waals surface area contributed by atoms with Crippen LogP contribution in [0.3, 0.4) is 0 Å². The van der Waals surface area contributed by atoms with E-state index >= 15 is 0 Å². The fourth-order valence-corrected chi connectivity index (χ4v) is 3.76. The van der Waals surface area contributed by atoms with Gasteiger partial charge in [0.15, 0.2) is 0 Å². The summed E-state index contributed by atoms with van der Waals surface area (Å²) in [5, 5.41) is 31.3. The highest BCUT2D eigenvalue weighted by Gasteiger charge is 2.27. The molecule has 2 aromatic carbocycles. The summed E-state index contributed by atoms with van der Waals surface area (Å²) >= 11 is 0. The summed E-state index contributed by atoms with van der Waals surface area (Å²) in [5.74, 6) is -2.58. The molecule has 0 aliphatic carbocycles. The summed E-state index contributed by atoms with van der Waals surface area (Å²) in [4.78, 5) is 55.9. The monoisotopic (exact) mass is 558 g/mol. The van der Waals surface area contributed by atoms with E-state index < -0.39 is 27.7 Å². The van der Waals surface area contributed by atoms with E-state index in [1.807, 2.05) is 0 Å². The molecule has 0 fully saturated rings. The van der Waals surface area contributed by atoms with Gasteiger partial charge in [0.2, 0.25) is 0 Å². The van der Waals surface area contributed by atoms with Crippen molar-refractivity contribution in [3.63, 3.8) is 0 Å². The number of nitro groups is 2. The van der Waals surface area contributed by atoms with Crippen LogP contribution in [-0.4, -0.2) is 45.9 Å². The van der Waals surface area contributed by atoms with E-state index in [1.165, 1.54) is 26.0 Å². The number of aliphatic hydroxyl groups excluding tert-OH is 1. The summed E-state index contributed by atoms with van der Waals surface area (Å²) in [5.41, 5.74) is 2.22. The van der Waals surface area contributed by atoms with Gasteiger partial charge in [-0.05, 0) is 59.1 Å². The molecule has 0 spiro atoms. The Morgan fingerprint density at radius 3 is 1.75 bits per heavy atom. The third kappa shape index (κ3) is 9.29. The van der Waals surface area contributed by atoms with Crippen LogP contribution in [0.4, 0.5) is 11.4 Å². The first-order chi connectivity index (χ1) is 18.8. The first-order valence-electron chi connectivity index (χ1n) is 12.4. The molecule has 1 atom stereocenters. The smallest absolute Gasteiger partial charge is 0.337 e. The van der Waals surface area contributed by atoms with Gasteiger partial charge in [-0.2, -0.15) is 0 Å². The Morgan fingerprint density at radius 2 is 1.32 bits per heavy atom. The number of carbonyl (C=O) groups excluding carboxylic acids is 3. The molecule has 2 aromatic rings. The molecule has 0 aromatic heterocycles. The first-order valence-corrected chi connectivity index (χ1v) is 12.4. The molecule has 0 heterocycles. The second kappa shape index (κ2) is 15.7. The van der Waals surface area contributed by atoms with Crippen LogP contribution >= 0.6 is 0 Å². The van der Waals surface area contributed by atoms with Crippen molar-refractivity contribution in [1.82, 2.24) is 0 Å². The molecule has 1 unspecified atom stereocenters. The van der Waals surface area contributed by atoms with Crippen molar-refractivity contribution in [1.29, 1.82) is 0 Å². The Hall–Kier alpha value is -4.61. The SMILES string of the molecule is CCOC(=O)/C(Cc1cccc([N+](=O)[O-])c1C)=C(\C)O.CCOC(=O)C(Cc1cccc([N+](=O)[O-])c1C)C(C)=O. The van der Waals surface area contributed by atoms with Crippen LogP contribution in [0.1, 0.15) is 49.9 Å². The van der Waals surface area contributed by atoms with Gasteiger partial charge >= 0.3 is 11.9 Å². The van der Waals surface area contributed by atoms with Gasteiger partial charge < -0.3 is 14.6 Å². The molecular weight excluding hydrogens is 524 g/mol. The van der Waals surface area contributed by atoms with Crippen molar-refractivity contribution < 1.29 is 38.8 Å². The predicted molar refractivity (Wildman–Crippen MR) is 146 cm³/mol. The quantitative estimate of drug-likeness (QED) is 0.0979. The number of nitrogens with zero attached hydrogens (tertiary/aromatic N) is 2. The standard InChI is InChI=1S/2C14H17NO5/c2*1-4-20-14(17)12(10(3)16)8-11-6-5-7-13(9(11)2)15(18)19/h5-7,16H,4,8H2,1-3H3;5-7,12H,4,8H2,1-3H3/b12-10+;. The molecule has 0 amide bonds. The fourth-order valence-electron chi connectivity index (χ4n) is 3.76. The minimum absolute atomic E-state index is 0.0127. The lowest BCUT2D eigenvalue weighted by atomic mass is 9.93. The van der Waals surface area contributed by atoms with Crippen LogP contribution in [0.15, 0.2) is 47.7 Å². The lowest BCUT2D eigenvalue weighted by molar-refractivity contribution is -0.385. The number of aliphatic hydroxyl groups is 1. The van der Waals surface area contributed by atoms with E-state index in [0.29, 0.717) is 22.3 Å². The molecule has 0 radical (unpaired) electrons. The lowest BCUT2D eigenvalue weighted by Gasteiger charge is -2.14. The molecule has 216 valence electrons. The van der Waals surface area contributed by atoms with Gasteiger partial charge in [0.05, 0.1) is 34.4 Å². The maximum absolute atomic E-state index is 11.7. The number of rotatable bonds is 11. The predicted octanol–water partition coefficient (Wildman–Crippen LogP) is 5.05. The average Bonchev–Trinajstić information content (AvgIpc) is 2.87. The molecule has 12 nitrogen and oxygen atoms in total. The molecule has 0 saturated carbocycles. The number of hydrogen-bond donors (Lipinski definition) is 1. The van der Waals surface area contributed by atoms with Gasteiger partial charge in [-0.25, -0.2) is 4.79 Å². The normalized spacial score (nSPS) is 11.8. The van der Waals surface area contributed by atoms with Crippen LogP contribution in [0.25, 0.3) is 0 Å². The highest BCUT2D eigenvalue weighted by Crippen LogP contribution is 2.25. The largest absolute Gasteiger partial charge is 0.512 e. The molecule has 2 rings (SSSR count). The van der Waals surface area contributed by atoms with Crippen LogP contribution in [-0.2, 0) is 36.7 Å². The van der Waals surface area contributed by atoms with E-state index in [9.17, 15) is 39.7 Å². The van der Waals surface area contributed by atoms with Crippen LogP contribution in [0, 0.1) is 40.0 Å². The van der Waals surface area contributed by atoms with E-state index in [2.05, 4.69) is 0 Å². The van der Waals surface area contributed by atoms with Crippen molar-refractivity contribution in [2.75, 3.05) is 13.2 Å². The Labute approximate surface area is 231 Å². The second-order valence-electron chi connectivity index (χ2n) is 8.72. The molecule has 12 heteroatoms. The minimum Gasteiger partial charge on any atom is -0.512 e. The summed E-state index contributed by atoms with van der Waals surface area (Å²) in [7, 11) is 0. The van der Waals surface area contributed by atoms with Crippen molar-refractivity contribution in [2.24, 2.45) is 5.92 Å². The highest BCUT2D eigenvalue weighted by molar-refractivity contribution is 5.98. The number of allylic oxidation sites excluding steroid dienone is 1. The zero-order valence-corrected chi connectivity index (χ0v) is 23.4. The Morgan fingerprint density at radius 1 is 0.850 bits per heavy atom. The van der Waals surface area contributed by atoms with Gasteiger partial charge in [0, 0.05) is 29.7 Å². The van der Waals surface area contributed by atoms with Crippen molar-refractivity contribution >= 4 is 29.1 Å². The zero-order valence-electron chi connectivity index (χ0n) is 23.4. The Bertz CT molecular complexity index is 1300. The number of benzene rings is 2. The van der Waals surface area contributed by atoms with Crippen LogP contribution < -0.4 is 0 Å². The molecule has 0 aliphatic heterocycles. The summed E-state index contributed by atoms with van der Waals surface area (Å²) < 4.78 is 9.73. The number of ether oxygens (including phenoxy) is 2. The number of esters is 2. The number of nitro benzene ring substituents is 2. The van der Waals surface area contributed by atoms with E-state index in [1.54, 1.807) is 52.0 Å².